The first-order valence-electron chi connectivity index (χ1n) is 7.94. The van der Waals surface area contributed by atoms with Gasteiger partial charge in [0, 0.05) is 17.9 Å². The standard InChI is InChI=1S/C19H16ClN3O2/c1-25-16-9-5-2-6-12(16)13-10-17(24)22-19-18(13)21-11-23(19)15-8-4-3-7-14(15)20/h2-9,11,13H,10H2,1H3,(H,22,24)/t13-/m0/s1. The third kappa shape index (κ3) is 2.66. The quantitative estimate of drug-likeness (QED) is 0.774. The number of carbonyl (C=O) groups is 1. The van der Waals surface area contributed by atoms with Crippen LogP contribution >= 0.6 is 11.6 Å². The molecule has 126 valence electrons. The molecule has 3 aromatic rings. The number of benzene rings is 2. The largest absolute Gasteiger partial charge is 0.496 e. The number of nitrogens with one attached hydrogen (secondary N) is 1. The molecule has 2 aromatic carbocycles. The molecule has 0 saturated carbocycles. The molecule has 5 nitrogen and oxygen atoms in total. The summed E-state index contributed by atoms with van der Waals surface area (Å²) in [4.78, 5) is 16.9. The highest BCUT2D eigenvalue weighted by Crippen LogP contribution is 2.41. The van der Waals surface area contributed by atoms with Crippen molar-refractivity contribution in [1.82, 2.24) is 9.55 Å². The first kappa shape index (κ1) is 15.7. The summed E-state index contributed by atoms with van der Waals surface area (Å²) in [6, 6.07) is 15.2. The second kappa shape index (κ2) is 6.26. The van der Waals surface area contributed by atoms with Gasteiger partial charge in [-0.2, -0.15) is 0 Å². The Kier molecular flexibility index (Phi) is 3.93. The van der Waals surface area contributed by atoms with Crippen LogP contribution in [0.3, 0.4) is 0 Å². The molecule has 0 bridgehead atoms. The summed E-state index contributed by atoms with van der Waals surface area (Å²) in [5, 5.41) is 3.53. The third-order valence-corrected chi connectivity index (χ3v) is 4.72. The van der Waals surface area contributed by atoms with Crippen molar-refractivity contribution in [3.63, 3.8) is 0 Å². The van der Waals surface area contributed by atoms with E-state index < -0.39 is 0 Å². The van der Waals surface area contributed by atoms with Gasteiger partial charge in [-0.3, -0.25) is 9.36 Å². The fraction of sp³-hybridized carbons (Fsp3) is 0.158. The van der Waals surface area contributed by atoms with Crippen LogP contribution in [0.25, 0.3) is 5.69 Å². The molecule has 1 amide bonds. The SMILES string of the molecule is COc1ccccc1[C@@H]1CC(=O)Nc2c1ncn2-c1ccccc1Cl. The molecule has 0 unspecified atom stereocenters. The molecule has 1 N–H and O–H groups in total. The number of nitrogens with zero attached hydrogens (tertiary/aromatic N) is 2. The van der Waals surface area contributed by atoms with E-state index in [-0.39, 0.29) is 11.8 Å². The molecule has 1 atom stereocenters. The fourth-order valence-corrected chi connectivity index (χ4v) is 3.47. The summed E-state index contributed by atoms with van der Waals surface area (Å²) in [5.74, 6) is 1.18. The van der Waals surface area contributed by atoms with Gasteiger partial charge in [-0.25, -0.2) is 4.98 Å². The summed E-state index contributed by atoms with van der Waals surface area (Å²) < 4.78 is 7.29. The number of halogens is 1. The highest BCUT2D eigenvalue weighted by atomic mass is 35.5. The van der Waals surface area contributed by atoms with Crippen LogP contribution in [0.2, 0.25) is 5.02 Å². The number of aromatic nitrogens is 2. The van der Waals surface area contributed by atoms with Gasteiger partial charge in [0.05, 0.1) is 23.5 Å². The smallest absolute Gasteiger partial charge is 0.226 e. The zero-order chi connectivity index (χ0) is 17.4. The van der Waals surface area contributed by atoms with Gasteiger partial charge in [-0.05, 0) is 18.2 Å². The number of para-hydroxylation sites is 2. The molecule has 1 aliphatic rings. The fourth-order valence-electron chi connectivity index (χ4n) is 3.25. The normalized spacial score (nSPS) is 16.2. The second-order valence-electron chi connectivity index (χ2n) is 5.85. The van der Waals surface area contributed by atoms with Crippen molar-refractivity contribution >= 4 is 23.3 Å². The third-order valence-electron chi connectivity index (χ3n) is 4.40. The van der Waals surface area contributed by atoms with Gasteiger partial charge in [-0.1, -0.05) is 41.9 Å². The lowest BCUT2D eigenvalue weighted by atomic mass is 9.89. The molecule has 25 heavy (non-hydrogen) atoms. The summed E-state index contributed by atoms with van der Waals surface area (Å²) in [6.07, 6.45) is 2.02. The minimum Gasteiger partial charge on any atom is -0.496 e. The average molecular weight is 354 g/mol. The Morgan fingerprint density at radius 1 is 1.20 bits per heavy atom. The molecule has 0 spiro atoms. The van der Waals surface area contributed by atoms with E-state index in [1.807, 2.05) is 53.1 Å². The van der Waals surface area contributed by atoms with Crippen molar-refractivity contribution in [3.8, 4) is 11.4 Å². The van der Waals surface area contributed by atoms with Crippen LogP contribution in [0.4, 0.5) is 5.82 Å². The van der Waals surface area contributed by atoms with Crippen LogP contribution in [0.15, 0.2) is 54.9 Å². The van der Waals surface area contributed by atoms with Crippen molar-refractivity contribution in [2.45, 2.75) is 12.3 Å². The molecule has 4 rings (SSSR count). The van der Waals surface area contributed by atoms with Crippen molar-refractivity contribution in [2.24, 2.45) is 0 Å². The van der Waals surface area contributed by atoms with E-state index in [0.717, 1.165) is 22.7 Å². The van der Waals surface area contributed by atoms with E-state index >= 15 is 0 Å². The van der Waals surface area contributed by atoms with E-state index in [4.69, 9.17) is 16.3 Å². The molecular weight excluding hydrogens is 338 g/mol. The number of anilines is 1. The average Bonchev–Trinajstić information content (AvgIpc) is 3.05. The predicted molar refractivity (Wildman–Crippen MR) is 96.7 cm³/mol. The number of carbonyl (C=O) groups excluding carboxylic acids is 1. The number of ether oxygens (including phenoxy) is 1. The predicted octanol–water partition coefficient (Wildman–Crippen LogP) is 4.01. The second-order valence-corrected chi connectivity index (χ2v) is 6.25. The van der Waals surface area contributed by atoms with Crippen LogP contribution < -0.4 is 10.1 Å². The lowest BCUT2D eigenvalue weighted by Crippen LogP contribution is -2.25. The van der Waals surface area contributed by atoms with Gasteiger partial charge in [0.2, 0.25) is 5.91 Å². The van der Waals surface area contributed by atoms with Crippen LogP contribution in [-0.2, 0) is 4.79 Å². The maximum absolute atomic E-state index is 12.3. The lowest BCUT2D eigenvalue weighted by Gasteiger charge is -2.24. The lowest BCUT2D eigenvalue weighted by molar-refractivity contribution is -0.116. The van der Waals surface area contributed by atoms with Gasteiger partial charge in [-0.15, -0.1) is 0 Å². The van der Waals surface area contributed by atoms with Crippen molar-refractivity contribution in [3.05, 3.63) is 71.1 Å². The number of methoxy groups -OCH3 is 1. The Morgan fingerprint density at radius 2 is 1.96 bits per heavy atom. The number of rotatable bonds is 3. The summed E-state index contributed by atoms with van der Waals surface area (Å²) in [7, 11) is 1.63. The van der Waals surface area contributed by atoms with E-state index in [1.165, 1.54) is 0 Å². The van der Waals surface area contributed by atoms with Gasteiger partial charge in [0.1, 0.15) is 17.9 Å². The summed E-state index contributed by atoms with van der Waals surface area (Å²) >= 11 is 6.31. The van der Waals surface area contributed by atoms with Crippen molar-refractivity contribution < 1.29 is 9.53 Å². The molecule has 0 aliphatic carbocycles. The summed E-state index contributed by atoms with van der Waals surface area (Å²) in [5.41, 5.74) is 2.54. The monoisotopic (exact) mass is 353 g/mol. The highest BCUT2D eigenvalue weighted by Gasteiger charge is 2.32. The molecule has 6 heteroatoms. The number of hydrogen-bond acceptors (Lipinski definition) is 3. The summed E-state index contributed by atoms with van der Waals surface area (Å²) in [6.45, 7) is 0. The zero-order valence-corrected chi connectivity index (χ0v) is 14.3. The Hall–Kier alpha value is -2.79. The first-order valence-corrected chi connectivity index (χ1v) is 8.31. The van der Waals surface area contributed by atoms with Crippen LogP contribution in [0.5, 0.6) is 5.75 Å². The Bertz CT molecular complexity index is 951. The van der Waals surface area contributed by atoms with Crippen LogP contribution in [-0.4, -0.2) is 22.6 Å². The van der Waals surface area contributed by atoms with Crippen molar-refractivity contribution in [1.29, 1.82) is 0 Å². The number of fused-ring (bicyclic) bond motifs is 1. The minimum atomic E-state index is -0.163. The first-order chi connectivity index (χ1) is 12.2. The van der Waals surface area contributed by atoms with E-state index in [1.54, 1.807) is 13.4 Å². The molecule has 0 radical (unpaired) electrons. The highest BCUT2D eigenvalue weighted by molar-refractivity contribution is 6.32. The molecular formula is C19H16ClN3O2. The van der Waals surface area contributed by atoms with E-state index in [2.05, 4.69) is 10.3 Å². The number of imidazole rings is 1. The van der Waals surface area contributed by atoms with Gasteiger partial charge < -0.3 is 10.1 Å². The zero-order valence-electron chi connectivity index (χ0n) is 13.6. The Balaban J connectivity index is 1.86. The minimum absolute atomic E-state index is 0.0581. The van der Waals surface area contributed by atoms with Gasteiger partial charge >= 0.3 is 0 Å². The van der Waals surface area contributed by atoms with E-state index in [9.17, 15) is 4.79 Å². The maximum Gasteiger partial charge on any atom is 0.226 e. The molecule has 1 aliphatic heterocycles. The maximum atomic E-state index is 12.3. The number of hydrogen-bond donors (Lipinski definition) is 1. The Morgan fingerprint density at radius 3 is 2.76 bits per heavy atom. The topological polar surface area (TPSA) is 56.1 Å². The van der Waals surface area contributed by atoms with Crippen LogP contribution in [0.1, 0.15) is 23.6 Å². The molecule has 0 fully saturated rings. The molecule has 0 saturated heterocycles. The Labute approximate surface area is 150 Å². The van der Waals surface area contributed by atoms with E-state index in [0.29, 0.717) is 17.3 Å². The van der Waals surface area contributed by atoms with Crippen molar-refractivity contribution in [2.75, 3.05) is 12.4 Å². The molecule has 1 aromatic heterocycles. The number of amides is 1. The van der Waals surface area contributed by atoms with Crippen LogP contribution in [0, 0.1) is 0 Å². The van der Waals surface area contributed by atoms with Gasteiger partial charge in [0.15, 0.2) is 0 Å². The molecule has 2 heterocycles. The van der Waals surface area contributed by atoms with Gasteiger partial charge in [0.25, 0.3) is 0 Å².